The number of hydrogen-bond donors (Lipinski definition) is 1. The first-order chi connectivity index (χ1) is 7.85. The van der Waals surface area contributed by atoms with Crippen molar-refractivity contribution in [1.29, 1.82) is 0 Å². The molecule has 16 heavy (non-hydrogen) atoms. The first-order valence-electron chi connectivity index (χ1n) is 6.31. The number of nitrogens with zero attached hydrogens (tertiary/aromatic N) is 3. The third-order valence-electron chi connectivity index (χ3n) is 3.42. The minimum absolute atomic E-state index is 0.938. The van der Waals surface area contributed by atoms with Crippen molar-refractivity contribution in [3.05, 3.63) is 17.7 Å². The molecule has 1 aromatic heterocycles. The summed E-state index contributed by atoms with van der Waals surface area (Å²) in [5.74, 6) is 0. The number of fused-ring (bicyclic) bond motifs is 1. The fourth-order valence-corrected chi connectivity index (χ4v) is 2.28. The predicted molar refractivity (Wildman–Crippen MR) is 65.4 cm³/mol. The number of hydrogen-bond acceptors (Lipinski definition) is 3. The van der Waals surface area contributed by atoms with E-state index in [1.165, 1.54) is 11.4 Å². The van der Waals surface area contributed by atoms with E-state index in [0.717, 1.165) is 45.7 Å². The van der Waals surface area contributed by atoms with Gasteiger partial charge in [-0.05, 0) is 13.1 Å². The Bertz CT molecular complexity index is 328. The van der Waals surface area contributed by atoms with Crippen molar-refractivity contribution in [2.75, 3.05) is 26.2 Å². The first-order valence-corrected chi connectivity index (χ1v) is 6.31. The van der Waals surface area contributed by atoms with Crippen molar-refractivity contribution in [1.82, 2.24) is 19.8 Å². The highest BCUT2D eigenvalue weighted by Crippen LogP contribution is 2.12. The lowest BCUT2D eigenvalue weighted by atomic mass is 10.2. The highest BCUT2D eigenvalue weighted by molar-refractivity contribution is 5.16. The number of nitrogens with one attached hydrogen (secondary N) is 1. The van der Waals surface area contributed by atoms with Crippen LogP contribution in [0, 0.1) is 0 Å². The van der Waals surface area contributed by atoms with E-state index in [-0.39, 0.29) is 0 Å². The zero-order valence-electron chi connectivity index (χ0n) is 10.4. The third-order valence-corrected chi connectivity index (χ3v) is 3.42. The molecule has 0 aromatic carbocycles. The largest absolute Gasteiger partial charge is 0.333 e. The van der Waals surface area contributed by atoms with Crippen molar-refractivity contribution in [3.8, 4) is 0 Å². The number of aromatic nitrogens is 2. The van der Waals surface area contributed by atoms with Gasteiger partial charge in [0.05, 0.1) is 12.0 Å². The van der Waals surface area contributed by atoms with E-state index in [0.29, 0.717) is 0 Å². The molecule has 90 valence electrons. The minimum Gasteiger partial charge on any atom is -0.333 e. The van der Waals surface area contributed by atoms with Gasteiger partial charge < -0.3 is 14.8 Å². The van der Waals surface area contributed by atoms with E-state index in [2.05, 4.69) is 33.6 Å². The lowest BCUT2D eigenvalue weighted by molar-refractivity contribution is 0.289. The third kappa shape index (κ3) is 2.44. The van der Waals surface area contributed by atoms with Gasteiger partial charge in [0.2, 0.25) is 0 Å². The van der Waals surface area contributed by atoms with Crippen LogP contribution in [-0.4, -0.2) is 40.6 Å². The molecule has 0 unspecified atom stereocenters. The summed E-state index contributed by atoms with van der Waals surface area (Å²) in [5, 5.41) is 3.36. The molecule has 0 fully saturated rings. The van der Waals surface area contributed by atoms with Gasteiger partial charge in [-0.3, -0.25) is 0 Å². The average Bonchev–Trinajstić information content (AvgIpc) is 2.74. The molecular weight excluding hydrogens is 200 g/mol. The molecule has 0 saturated heterocycles. The molecule has 0 spiro atoms. The van der Waals surface area contributed by atoms with Crippen LogP contribution < -0.4 is 5.32 Å². The van der Waals surface area contributed by atoms with Crippen molar-refractivity contribution in [3.63, 3.8) is 0 Å². The molecule has 4 heteroatoms. The highest BCUT2D eigenvalue weighted by Gasteiger charge is 2.14. The summed E-state index contributed by atoms with van der Waals surface area (Å²) in [5.41, 5.74) is 2.68. The summed E-state index contributed by atoms with van der Waals surface area (Å²) in [6.45, 7) is 10.9. The van der Waals surface area contributed by atoms with Gasteiger partial charge in [-0.2, -0.15) is 0 Å². The van der Waals surface area contributed by atoms with Gasteiger partial charge in [-0.15, -0.1) is 0 Å². The second-order valence-corrected chi connectivity index (χ2v) is 4.29. The first kappa shape index (κ1) is 11.6. The molecular formula is C12H22N4. The molecule has 1 N–H and O–H groups in total. The second-order valence-electron chi connectivity index (χ2n) is 4.29. The Morgan fingerprint density at radius 2 is 2.25 bits per heavy atom. The van der Waals surface area contributed by atoms with Crippen molar-refractivity contribution < 1.29 is 0 Å². The molecule has 0 aliphatic carbocycles. The molecule has 0 amide bonds. The molecule has 1 aliphatic heterocycles. The van der Waals surface area contributed by atoms with Crippen LogP contribution in [0.25, 0.3) is 0 Å². The second kappa shape index (κ2) is 5.46. The molecule has 2 rings (SSSR count). The lowest BCUT2D eigenvalue weighted by Gasteiger charge is -2.20. The van der Waals surface area contributed by atoms with Crippen LogP contribution in [0.2, 0.25) is 0 Å². The minimum atomic E-state index is 0.938. The van der Waals surface area contributed by atoms with Crippen LogP contribution in [0.4, 0.5) is 0 Å². The molecule has 4 nitrogen and oxygen atoms in total. The van der Waals surface area contributed by atoms with Gasteiger partial charge >= 0.3 is 0 Å². The fraction of sp³-hybridized carbons (Fsp3) is 0.750. The predicted octanol–water partition coefficient (Wildman–Crippen LogP) is 0.871. The number of imidazole rings is 1. The van der Waals surface area contributed by atoms with Crippen LogP contribution in [0.3, 0.4) is 0 Å². The Morgan fingerprint density at radius 1 is 1.44 bits per heavy atom. The van der Waals surface area contributed by atoms with E-state index in [4.69, 9.17) is 0 Å². The normalized spacial score (nSPS) is 15.4. The summed E-state index contributed by atoms with van der Waals surface area (Å²) >= 11 is 0. The van der Waals surface area contributed by atoms with Crippen molar-refractivity contribution >= 4 is 0 Å². The molecule has 0 saturated carbocycles. The molecule has 1 aliphatic rings. The van der Waals surface area contributed by atoms with Crippen molar-refractivity contribution in [2.45, 2.75) is 33.4 Å². The van der Waals surface area contributed by atoms with E-state index >= 15 is 0 Å². The summed E-state index contributed by atoms with van der Waals surface area (Å²) in [4.78, 5) is 6.92. The van der Waals surface area contributed by atoms with Gasteiger partial charge in [0.15, 0.2) is 0 Å². The van der Waals surface area contributed by atoms with Crippen LogP contribution in [0.5, 0.6) is 0 Å². The quantitative estimate of drug-likeness (QED) is 0.802. The molecule has 2 heterocycles. The lowest BCUT2D eigenvalue weighted by Crippen LogP contribution is -2.29. The van der Waals surface area contributed by atoms with Gasteiger partial charge in [0, 0.05) is 38.3 Å². The zero-order chi connectivity index (χ0) is 11.4. The Balaban J connectivity index is 1.96. The van der Waals surface area contributed by atoms with Crippen LogP contribution in [0.15, 0.2) is 6.33 Å². The van der Waals surface area contributed by atoms with E-state index < -0.39 is 0 Å². The number of rotatable bonds is 5. The Hall–Kier alpha value is -0.870. The smallest absolute Gasteiger partial charge is 0.0952 e. The van der Waals surface area contributed by atoms with Gasteiger partial charge in [-0.25, -0.2) is 4.98 Å². The molecule has 0 bridgehead atoms. The fourth-order valence-electron chi connectivity index (χ4n) is 2.28. The Labute approximate surface area is 97.7 Å². The van der Waals surface area contributed by atoms with E-state index in [1.807, 2.05) is 6.33 Å². The molecule has 1 aromatic rings. The summed E-state index contributed by atoms with van der Waals surface area (Å²) in [6, 6.07) is 0. The number of likely N-dealkylation sites (N-methyl/N-ethyl adjacent to an activating group) is 1. The van der Waals surface area contributed by atoms with E-state index in [1.54, 1.807) is 0 Å². The SMILES string of the molecule is CCN(CC)CCn1cnc2c1CCNC2. The summed E-state index contributed by atoms with van der Waals surface area (Å²) in [6.07, 6.45) is 3.12. The van der Waals surface area contributed by atoms with Crippen LogP contribution in [-0.2, 0) is 19.5 Å². The standard InChI is InChI=1S/C12H22N4/c1-3-15(4-2)7-8-16-10-14-11-9-13-6-5-12(11)16/h10,13H,3-9H2,1-2H3. The van der Waals surface area contributed by atoms with Crippen molar-refractivity contribution in [2.24, 2.45) is 0 Å². The monoisotopic (exact) mass is 222 g/mol. The van der Waals surface area contributed by atoms with E-state index in [9.17, 15) is 0 Å². The Morgan fingerprint density at radius 3 is 3.00 bits per heavy atom. The van der Waals surface area contributed by atoms with Crippen LogP contribution in [0.1, 0.15) is 25.2 Å². The zero-order valence-corrected chi connectivity index (χ0v) is 10.4. The summed E-state index contributed by atoms with van der Waals surface area (Å²) in [7, 11) is 0. The van der Waals surface area contributed by atoms with Gasteiger partial charge in [0.25, 0.3) is 0 Å². The maximum atomic E-state index is 4.47. The Kier molecular flexibility index (Phi) is 3.96. The molecule has 0 radical (unpaired) electrons. The maximum absolute atomic E-state index is 4.47. The maximum Gasteiger partial charge on any atom is 0.0952 e. The average molecular weight is 222 g/mol. The topological polar surface area (TPSA) is 33.1 Å². The van der Waals surface area contributed by atoms with Gasteiger partial charge in [-0.1, -0.05) is 13.8 Å². The van der Waals surface area contributed by atoms with Crippen LogP contribution >= 0.6 is 0 Å². The highest BCUT2D eigenvalue weighted by atomic mass is 15.2. The summed E-state index contributed by atoms with van der Waals surface area (Å²) < 4.78 is 2.33. The van der Waals surface area contributed by atoms with Gasteiger partial charge in [0.1, 0.15) is 0 Å². The molecule has 0 atom stereocenters.